The van der Waals surface area contributed by atoms with Crippen molar-refractivity contribution in [3.8, 4) is 5.75 Å². The first-order chi connectivity index (χ1) is 21.3. The second-order valence-electron chi connectivity index (χ2n) is 12.9. The lowest BCUT2D eigenvalue weighted by molar-refractivity contribution is -0.165. The highest BCUT2D eigenvalue weighted by molar-refractivity contribution is 6.30. The Labute approximate surface area is 264 Å². The van der Waals surface area contributed by atoms with Gasteiger partial charge in [-0.2, -0.15) is 0 Å². The van der Waals surface area contributed by atoms with Gasteiger partial charge in [-0.25, -0.2) is 4.79 Å². The molecule has 236 valence electrons. The minimum absolute atomic E-state index is 0.00505. The molecule has 4 aliphatic rings. The van der Waals surface area contributed by atoms with Crippen LogP contribution in [-0.4, -0.2) is 65.9 Å². The number of hydrogen-bond donors (Lipinski definition) is 2. The first-order valence-corrected chi connectivity index (χ1v) is 16.4. The number of rotatable bonds is 2. The maximum atomic E-state index is 13.6. The van der Waals surface area contributed by atoms with Gasteiger partial charge in [-0.3, -0.25) is 4.79 Å². The first-order valence-electron chi connectivity index (χ1n) is 16.0. The predicted octanol–water partition coefficient (Wildman–Crippen LogP) is 5.72. The molecule has 8 nitrogen and oxygen atoms in total. The number of amides is 1. The summed E-state index contributed by atoms with van der Waals surface area (Å²) in [5, 5.41) is 22.8. The number of aliphatic carboxylic acids is 1. The summed E-state index contributed by atoms with van der Waals surface area (Å²) < 4.78 is 12.4. The van der Waals surface area contributed by atoms with Gasteiger partial charge in [0.25, 0.3) is 0 Å². The Bertz CT molecular complexity index is 1410. The second kappa shape index (κ2) is 13.1. The fraction of sp³-hybridized carbons (Fsp3) is 0.543. The van der Waals surface area contributed by atoms with Crippen LogP contribution in [0.15, 0.2) is 48.6 Å². The molecule has 0 spiro atoms. The number of ether oxygens (including phenoxy) is 2. The van der Waals surface area contributed by atoms with E-state index in [1.54, 1.807) is 30.2 Å². The molecular weight excluding hydrogens is 580 g/mol. The Hall–Kier alpha value is -3.07. The van der Waals surface area contributed by atoms with Gasteiger partial charge >= 0.3 is 5.97 Å². The van der Waals surface area contributed by atoms with Gasteiger partial charge < -0.3 is 29.5 Å². The largest absolute Gasteiger partial charge is 0.487 e. The number of methoxy groups -OCH3 is 1. The van der Waals surface area contributed by atoms with Crippen LogP contribution in [0, 0.1) is 11.8 Å². The molecule has 1 aliphatic carbocycles. The molecule has 0 aromatic heterocycles. The van der Waals surface area contributed by atoms with E-state index < -0.39 is 18.0 Å². The molecule has 44 heavy (non-hydrogen) atoms. The number of hydrogen-bond acceptors (Lipinski definition) is 6. The van der Waals surface area contributed by atoms with Gasteiger partial charge in [-0.1, -0.05) is 35.9 Å². The number of aryl methyl sites for hydroxylation is 1. The van der Waals surface area contributed by atoms with Gasteiger partial charge in [0.2, 0.25) is 5.91 Å². The number of anilines is 1. The standard InChI is InChI=1S/C35H43ClN2O6/c1-43-31-9-4-7-28-8-5-17-38(28)33(39)20-35(42,34(40)41)26-12-15-32-30(19-26)37(21-24-11-14-29(24)31)16-3-2-6-23-18-27(36)13-10-25(23)22-44-32/h4,9-10,12-13,15,18-19,24,28-29,31,42H,2-3,5-8,11,14,16-17,20-22H2,1H3,(H,40,41)/b9-4+/t24-,28+,29+,31-,35-/m0/s1. The van der Waals surface area contributed by atoms with Crippen LogP contribution in [0.2, 0.25) is 5.02 Å². The third kappa shape index (κ3) is 6.22. The lowest BCUT2D eigenvalue weighted by atomic mass is 9.70. The number of carboxylic acid groups (broad SMARTS) is 1. The van der Waals surface area contributed by atoms with E-state index in [9.17, 15) is 19.8 Å². The lowest BCUT2D eigenvalue weighted by Gasteiger charge is -2.43. The Morgan fingerprint density at radius 2 is 1.93 bits per heavy atom. The molecule has 0 radical (unpaired) electrons. The molecule has 5 atom stereocenters. The summed E-state index contributed by atoms with van der Waals surface area (Å²) in [7, 11) is 1.77. The van der Waals surface area contributed by atoms with Crippen molar-refractivity contribution in [2.24, 2.45) is 11.8 Å². The van der Waals surface area contributed by atoms with Crippen molar-refractivity contribution in [1.82, 2.24) is 4.90 Å². The molecule has 3 heterocycles. The third-order valence-corrected chi connectivity index (χ3v) is 10.5. The number of halogens is 1. The zero-order valence-corrected chi connectivity index (χ0v) is 26.2. The van der Waals surface area contributed by atoms with E-state index in [-0.39, 0.29) is 23.6 Å². The highest BCUT2D eigenvalue weighted by Gasteiger charge is 2.44. The monoisotopic (exact) mass is 622 g/mol. The van der Waals surface area contributed by atoms with Crippen molar-refractivity contribution in [1.29, 1.82) is 0 Å². The Balaban J connectivity index is 1.43. The highest BCUT2D eigenvalue weighted by Crippen LogP contribution is 2.43. The topological polar surface area (TPSA) is 99.5 Å². The van der Waals surface area contributed by atoms with Gasteiger partial charge in [0.1, 0.15) is 12.4 Å². The fourth-order valence-electron chi connectivity index (χ4n) is 7.53. The van der Waals surface area contributed by atoms with Gasteiger partial charge in [0.15, 0.2) is 5.60 Å². The van der Waals surface area contributed by atoms with E-state index in [0.29, 0.717) is 42.2 Å². The minimum Gasteiger partial charge on any atom is -0.487 e. The van der Waals surface area contributed by atoms with Crippen LogP contribution < -0.4 is 9.64 Å². The number of carbonyl (C=O) groups excluding carboxylic acids is 1. The summed E-state index contributed by atoms with van der Waals surface area (Å²) in [6.07, 6.45) is 11.1. The Kier molecular flexibility index (Phi) is 9.22. The maximum absolute atomic E-state index is 13.6. The van der Waals surface area contributed by atoms with Crippen molar-refractivity contribution in [3.05, 3.63) is 70.3 Å². The van der Waals surface area contributed by atoms with Crippen molar-refractivity contribution in [2.75, 3.05) is 31.6 Å². The summed E-state index contributed by atoms with van der Waals surface area (Å²) in [4.78, 5) is 30.4. The average molecular weight is 623 g/mol. The zero-order valence-electron chi connectivity index (χ0n) is 25.4. The Morgan fingerprint density at radius 3 is 2.70 bits per heavy atom. The van der Waals surface area contributed by atoms with E-state index in [4.69, 9.17) is 21.1 Å². The first kappa shape index (κ1) is 30.9. The van der Waals surface area contributed by atoms with Crippen LogP contribution in [0.4, 0.5) is 5.69 Å². The van der Waals surface area contributed by atoms with Gasteiger partial charge in [0.05, 0.1) is 18.2 Å². The summed E-state index contributed by atoms with van der Waals surface area (Å²) in [5.41, 5.74) is 0.799. The predicted molar refractivity (Wildman–Crippen MR) is 169 cm³/mol. The minimum atomic E-state index is -2.37. The van der Waals surface area contributed by atoms with E-state index in [1.165, 1.54) is 5.56 Å². The average Bonchev–Trinajstić information content (AvgIpc) is 3.46. The SMILES string of the molecule is CO[C@H]1/C=C/C[C@@H]2CCCN2C(=O)C[C@@](O)(C(=O)O)c2ccc3c(c2)N(CCCCc2cc(Cl)ccc2CO3)C[C@@H]2CC[C@H]21. The zero-order chi connectivity index (χ0) is 30.8. The number of benzene rings is 2. The van der Waals surface area contributed by atoms with Crippen LogP contribution in [-0.2, 0) is 33.0 Å². The Morgan fingerprint density at radius 1 is 1.07 bits per heavy atom. The van der Waals surface area contributed by atoms with Crippen molar-refractivity contribution in [2.45, 2.75) is 82.1 Å². The molecule has 1 amide bonds. The van der Waals surface area contributed by atoms with Crippen LogP contribution in [0.3, 0.4) is 0 Å². The van der Waals surface area contributed by atoms with Crippen LogP contribution in [0.5, 0.6) is 5.75 Å². The second-order valence-corrected chi connectivity index (χ2v) is 13.3. The molecule has 2 bridgehead atoms. The summed E-state index contributed by atoms with van der Waals surface area (Å²) >= 11 is 6.34. The number of nitrogens with zero attached hydrogens (tertiary/aromatic N) is 2. The lowest BCUT2D eigenvalue weighted by Crippen LogP contribution is -2.45. The quantitative estimate of drug-likeness (QED) is 0.414. The summed E-state index contributed by atoms with van der Waals surface area (Å²) in [6.45, 7) is 2.40. The van der Waals surface area contributed by atoms with E-state index >= 15 is 0 Å². The fourth-order valence-corrected chi connectivity index (χ4v) is 7.72. The molecule has 2 N–H and O–H groups in total. The van der Waals surface area contributed by atoms with Crippen molar-refractivity contribution < 1.29 is 29.3 Å². The molecule has 1 saturated carbocycles. The molecule has 2 aromatic rings. The molecule has 2 aromatic carbocycles. The number of carbonyl (C=O) groups is 2. The highest BCUT2D eigenvalue weighted by atomic mass is 35.5. The van der Waals surface area contributed by atoms with Crippen LogP contribution in [0.1, 0.15) is 68.1 Å². The van der Waals surface area contributed by atoms with E-state index in [0.717, 1.165) is 69.3 Å². The van der Waals surface area contributed by atoms with Gasteiger partial charge in [-0.05, 0) is 104 Å². The molecular formula is C35H43ClN2O6. The smallest absolute Gasteiger partial charge is 0.340 e. The van der Waals surface area contributed by atoms with Crippen LogP contribution >= 0.6 is 11.6 Å². The number of aliphatic hydroxyl groups is 1. The maximum Gasteiger partial charge on any atom is 0.340 e. The van der Waals surface area contributed by atoms with E-state index in [2.05, 4.69) is 17.1 Å². The van der Waals surface area contributed by atoms with Crippen molar-refractivity contribution in [3.63, 3.8) is 0 Å². The number of fused-ring (bicyclic) bond motifs is 4. The molecule has 3 aliphatic heterocycles. The molecule has 1 saturated heterocycles. The normalized spacial score (nSPS) is 30.1. The van der Waals surface area contributed by atoms with Gasteiger partial charge in [0, 0.05) is 37.8 Å². The molecule has 6 rings (SSSR count). The van der Waals surface area contributed by atoms with E-state index in [1.807, 2.05) is 18.2 Å². The van der Waals surface area contributed by atoms with Gasteiger partial charge in [-0.15, -0.1) is 0 Å². The molecule has 9 heteroatoms. The summed E-state index contributed by atoms with van der Waals surface area (Å²) in [5.74, 6) is -0.411. The summed E-state index contributed by atoms with van der Waals surface area (Å²) in [6, 6.07) is 11.0. The number of carboxylic acids is 1. The molecule has 2 fully saturated rings. The third-order valence-electron chi connectivity index (χ3n) is 10.3. The van der Waals surface area contributed by atoms with Crippen LogP contribution in [0.25, 0.3) is 0 Å². The molecule has 0 unspecified atom stereocenters. The van der Waals surface area contributed by atoms with Crippen molar-refractivity contribution >= 4 is 29.2 Å².